The maximum atomic E-state index is 11.7. The molecule has 1 fully saturated rings. The third-order valence-electron chi connectivity index (χ3n) is 5.89. The van der Waals surface area contributed by atoms with Crippen LogP contribution in [0, 0.1) is 5.92 Å². The van der Waals surface area contributed by atoms with Crippen molar-refractivity contribution in [1.29, 1.82) is 0 Å². The second-order valence-corrected chi connectivity index (χ2v) is 8.85. The lowest BCUT2D eigenvalue weighted by Crippen LogP contribution is -2.41. The zero-order valence-electron chi connectivity index (χ0n) is 17.6. The van der Waals surface area contributed by atoms with E-state index in [-0.39, 0.29) is 6.04 Å². The molecule has 1 saturated heterocycles. The third kappa shape index (κ3) is 5.26. The Morgan fingerprint density at radius 3 is 2.50 bits per heavy atom. The highest BCUT2D eigenvalue weighted by atomic mass is 35.5. The molecule has 32 heavy (non-hydrogen) atoms. The first-order valence-electron chi connectivity index (χ1n) is 10.7. The smallest absolute Gasteiger partial charge is 0.307 e. The number of nitrogens with zero attached hydrogens (tertiary/aromatic N) is 1. The van der Waals surface area contributed by atoms with Crippen LogP contribution in [0.5, 0.6) is 5.75 Å². The van der Waals surface area contributed by atoms with Gasteiger partial charge in [-0.05, 0) is 54.3 Å². The van der Waals surface area contributed by atoms with Gasteiger partial charge in [-0.25, -0.2) is 0 Å². The Hall–Kier alpha value is -2.53. The van der Waals surface area contributed by atoms with E-state index >= 15 is 0 Å². The average Bonchev–Trinajstić information content (AvgIpc) is 2.82. The first kappa shape index (κ1) is 22.7. The predicted octanol–water partition coefficient (Wildman–Crippen LogP) is 6.46. The standard InChI is InChI=1S/C26H25Cl2NO3/c27-23-10-4-9-22(24(23)28)25(29-15-5-8-20(16-29)26(30)31)19-11-13-21(14-12-19)32-17-18-6-2-1-3-7-18/h1-4,6-7,9-14,20,25H,5,8,15-17H2,(H,30,31). The van der Waals surface area contributed by atoms with Crippen molar-refractivity contribution < 1.29 is 14.6 Å². The first-order chi connectivity index (χ1) is 15.5. The highest BCUT2D eigenvalue weighted by Gasteiger charge is 2.32. The van der Waals surface area contributed by atoms with Gasteiger partial charge in [-0.15, -0.1) is 0 Å². The van der Waals surface area contributed by atoms with Crippen molar-refractivity contribution in [2.45, 2.75) is 25.5 Å². The number of halogens is 2. The average molecular weight is 470 g/mol. The van der Waals surface area contributed by atoms with Crippen LogP contribution in [0.4, 0.5) is 0 Å². The van der Waals surface area contributed by atoms with Gasteiger partial charge in [0.05, 0.1) is 22.0 Å². The second-order valence-electron chi connectivity index (χ2n) is 8.06. The minimum absolute atomic E-state index is 0.188. The van der Waals surface area contributed by atoms with Crippen LogP contribution in [-0.2, 0) is 11.4 Å². The lowest BCUT2D eigenvalue weighted by atomic mass is 9.91. The van der Waals surface area contributed by atoms with Crippen LogP contribution in [0.3, 0.4) is 0 Å². The molecule has 3 aromatic carbocycles. The molecule has 1 heterocycles. The Balaban J connectivity index is 1.61. The number of carboxylic acids is 1. The molecule has 0 radical (unpaired) electrons. The number of carbonyl (C=O) groups is 1. The molecule has 0 saturated carbocycles. The fourth-order valence-corrected chi connectivity index (χ4v) is 4.66. The summed E-state index contributed by atoms with van der Waals surface area (Å²) >= 11 is 12.9. The number of likely N-dealkylation sites (tertiary alicyclic amines) is 1. The van der Waals surface area contributed by atoms with E-state index in [0.717, 1.165) is 35.4 Å². The first-order valence-corrected chi connectivity index (χ1v) is 11.5. The summed E-state index contributed by atoms with van der Waals surface area (Å²) in [5, 5.41) is 10.6. The minimum Gasteiger partial charge on any atom is -0.489 e. The largest absolute Gasteiger partial charge is 0.489 e. The maximum absolute atomic E-state index is 11.7. The van der Waals surface area contributed by atoms with Crippen LogP contribution in [0.15, 0.2) is 72.8 Å². The van der Waals surface area contributed by atoms with Crippen molar-refractivity contribution in [2.75, 3.05) is 13.1 Å². The zero-order chi connectivity index (χ0) is 22.5. The van der Waals surface area contributed by atoms with E-state index in [1.165, 1.54) is 0 Å². The van der Waals surface area contributed by atoms with Gasteiger partial charge in [0, 0.05) is 6.54 Å². The number of piperidine rings is 1. The highest BCUT2D eigenvalue weighted by Crippen LogP contribution is 2.39. The van der Waals surface area contributed by atoms with E-state index in [1.54, 1.807) is 6.07 Å². The van der Waals surface area contributed by atoms with Gasteiger partial charge in [-0.2, -0.15) is 0 Å². The zero-order valence-corrected chi connectivity index (χ0v) is 19.1. The Labute approximate surface area is 198 Å². The van der Waals surface area contributed by atoms with Crippen molar-refractivity contribution in [1.82, 2.24) is 4.90 Å². The topological polar surface area (TPSA) is 49.8 Å². The molecule has 1 aliphatic heterocycles. The van der Waals surface area contributed by atoms with E-state index in [4.69, 9.17) is 27.9 Å². The lowest BCUT2D eigenvalue weighted by Gasteiger charge is -2.38. The molecule has 2 unspecified atom stereocenters. The molecule has 0 aliphatic carbocycles. The summed E-state index contributed by atoms with van der Waals surface area (Å²) in [6.07, 6.45) is 1.51. The van der Waals surface area contributed by atoms with Crippen LogP contribution < -0.4 is 4.74 Å². The van der Waals surface area contributed by atoms with Gasteiger partial charge in [0.1, 0.15) is 12.4 Å². The SMILES string of the molecule is O=C(O)C1CCCN(C(c2ccc(OCc3ccccc3)cc2)c2cccc(Cl)c2Cl)C1. The Morgan fingerprint density at radius 2 is 1.78 bits per heavy atom. The van der Waals surface area contributed by atoms with Crippen LogP contribution in [0.25, 0.3) is 0 Å². The number of carboxylic acid groups (broad SMARTS) is 1. The second kappa shape index (κ2) is 10.4. The molecule has 6 heteroatoms. The third-order valence-corrected chi connectivity index (χ3v) is 6.72. The molecule has 166 valence electrons. The van der Waals surface area contributed by atoms with Gasteiger partial charge in [0.2, 0.25) is 0 Å². The fourth-order valence-electron chi connectivity index (χ4n) is 4.25. The number of ether oxygens (including phenoxy) is 1. The molecule has 0 aromatic heterocycles. The molecular formula is C26H25Cl2NO3. The van der Waals surface area contributed by atoms with Gasteiger partial charge in [0.25, 0.3) is 0 Å². The number of hydrogen-bond donors (Lipinski definition) is 1. The van der Waals surface area contributed by atoms with Gasteiger partial charge < -0.3 is 9.84 Å². The minimum atomic E-state index is -0.754. The van der Waals surface area contributed by atoms with Gasteiger partial charge in [0.15, 0.2) is 0 Å². The van der Waals surface area contributed by atoms with Crippen molar-refractivity contribution in [3.05, 3.63) is 99.5 Å². The number of aliphatic carboxylic acids is 1. The van der Waals surface area contributed by atoms with E-state index in [9.17, 15) is 9.90 Å². The van der Waals surface area contributed by atoms with Crippen LogP contribution in [0.2, 0.25) is 10.0 Å². The van der Waals surface area contributed by atoms with Gasteiger partial charge in [-0.3, -0.25) is 9.69 Å². The quantitative estimate of drug-likeness (QED) is 0.431. The summed E-state index contributed by atoms with van der Waals surface area (Å²) in [7, 11) is 0. The molecule has 0 spiro atoms. The molecule has 1 N–H and O–H groups in total. The Morgan fingerprint density at radius 1 is 1.03 bits per heavy atom. The molecule has 0 bridgehead atoms. The van der Waals surface area contributed by atoms with Crippen LogP contribution >= 0.6 is 23.2 Å². The molecule has 4 nitrogen and oxygen atoms in total. The number of rotatable bonds is 7. The molecule has 1 aliphatic rings. The van der Waals surface area contributed by atoms with Gasteiger partial charge in [-0.1, -0.05) is 77.8 Å². The maximum Gasteiger partial charge on any atom is 0.307 e. The van der Waals surface area contributed by atoms with Crippen molar-refractivity contribution >= 4 is 29.2 Å². The van der Waals surface area contributed by atoms with Crippen molar-refractivity contribution in [3.8, 4) is 5.75 Å². The normalized spacial score (nSPS) is 17.6. The highest BCUT2D eigenvalue weighted by molar-refractivity contribution is 6.42. The summed E-state index contributed by atoms with van der Waals surface area (Å²) in [6, 6.07) is 23.4. The summed E-state index contributed by atoms with van der Waals surface area (Å²) in [5.41, 5.74) is 3.00. The molecule has 3 aromatic rings. The molecule has 4 rings (SSSR count). The van der Waals surface area contributed by atoms with E-state index < -0.39 is 11.9 Å². The monoisotopic (exact) mass is 469 g/mol. The molecule has 0 amide bonds. The van der Waals surface area contributed by atoms with Crippen molar-refractivity contribution in [3.63, 3.8) is 0 Å². The summed E-state index contributed by atoms with van der Waals surface area (Å²) in [4.78, 5) is 13.9. The number of hydrogen-bond acceptors (Lipinski definition) is 3. The van der Waals surface area contributed by atoms with E-state index in [2.05, 4.69) is 4.90 Å². The molecular weight excluding hydrogens is 445 g/mol. The summed E-state index contributed by atoms with van der Waals surface area (Å²) in [6.45, 7) is 1.76. The Kier molecular flexibility index (Phi) is 7.36. The summed E-state index contributed by atoms with van der Waals surface area (Å²) < 4.78 is 5.93. The van der Waals surface area contributed by atoms with Crippen LogP contribution in [0.1, 0.15) is 35.6 Å². The lowest BCUT2D eigenvalue weighted by molar-refractivity contribution is -0.143. The summed E-state index contributed by atoms with van der Waals surface area (Å²) in [5.74, 6) is -0.372. The van der Waals surface area contributed by atoms with Crippen molar-refractivity contribution in [2.24, 2.45) is 5.92 Å². The van der Waals surface area contributed by atoms with Crippen LogP contribution in [-0.4, -0.2) is 29.1 Å². The van der Waals surface area contributed by atoms with E-state index in [0.29, 0.717) is 29.6 Å². The number of benzene rings is 3. The Bertz CT molecular complexity index is 1060. The van der Waals surface area contributed by atoms with E-state index in [1.807, 2.05) is 66.7 Å². The van der Waals surface area contributed by atoms with Gasteiger partial charge >= 0.3 is 5.97 Å². The molecule has 2 atom stereocenters. The fraction of sp³-hybridized carbons (Fsp3) is 0.269. The predicted molar refractivity (Wildman–Crippen MR) is 127 cm³/mol.